The van der Waals surface area contributed by atoms with Crippen LogP contribution in [0.2, 0.25) is 5.02 Å². The van der Waals surface area contributed by atoms with Crippen LogP contribution in [-0.4, -0.2) is 8.76 Å². The van der Waals surface area contributed by atoms with E-state index in [2.05, 4.69) is 0 Å². The van der Waals surface area contributed by atoms with Crippen LogP contribution in [0.4, 0.5) is 4.39 Å². The summed E-state index contributed by atoms with van der Waals surface area (Å²) in [4.78, 5) is -0.478. The van der Waals surface area contributed by atoms with Crippen LogP contribution in [0.15, 0.2) is 23.1 Å². The Bertz CT molecular complexity index is 287. The molecule has 0 bridgehead atoms. The van der Waals surface area contributed by atoms with Crippen molar-refractivity contribution >= 4 is 22.7 Å². The molecule has 0 aliphatic heterocycles. The van der Waals surface area contributed by atoms with E-state index in [4.69, 9.17) is 11.6 Å². The summed E-state index contributed by atoms with van der Waals surface area (Å²) >= 11 is 2.78. The average molecular weight is 217 g/mol. The SMILES string of the molecule is O=S([O-])c1c(F)cccc1Cl.[Na+]. The normalized spacial score (nSPS) is 11.9. The topological polar surface area (TPSA) is 40.1 Å². The van der Waals surface area contributed by atoms with Crippen LogP contribution < -0.4 is 29.6 Å². The summed E-state index contributed by atoms with van der Waals surface area (Å²) in [6.45, 7) is 0. The van der Waals surface area contributed by atoms with Gasteiger partial charge in [0.2, 0.25) is 0 Å². The number of rotatable bonds is 1. The van der Waals surface area contributed by atoms with Crippen molar-refractivity contribution in [1.82, 2.24) is 0 Å². The number of halogens is 2. The molecule has 1 aromatic carbocycles. The first kappa shape index (κ1) is 12.6. The molecule has 1 atom stereocenters. The van der Waals surface area contributed by atoms with Crippen LogP contribution in [0.25, 0.3) is 0 Å². The first-order valence-corrected chi connectivity index (χ1v) is 4.11. The van der Waals surface area contributed by atoms with Crippen molar-refractivity contribution in [3.05, 3.63) is 29.0 Å². The molecule has 0 amide bonds. The molecule has 2 nitrogen and oxygen atoms in total. The molecule has 0 heterocycles. The summed E-state index contributed by atoms with van der Waals surface area (Å²) in [5.74, 6) is -0.828. The fourth-order valence-electron chi connectivity index (χ4n) is 0.642. The van der Waals surface area contributed by atoms with Crippen LogP contribution in [-0.2, 0) is 11.1 Å². The fourth-order valence-corrected chi connectivity index (χ4v) is 1.45. The van der Waals surface area contributed by atoms with E-state index in [9.17, 15) is 13.2 Å². The van der Waals surface area contributed by atoms with Gasteiger partial charge in [0.25, 0.3) is 0 Å². The molecular formula is C6H3ClFNaO2S. The molecule has 12 heavy (non-hydrogen) atoms. The summed E-state index contributed by atoms with van der Waals surface area (Å²) in [6, 6.07) is 3.70. The van der Waals surface area contributed by atoms with Crippen LogP contribution in [0, 0.1) is 5.82 Å². The first-order chi connectivity index (χ1) is 5.13. The fraction of sp³-hybridized carbons (Fsp3) is 0. The Morgan fingerprint density at radius 3 is 2.42 bits per heavy atom. The zero-order valence-corrected chi connectivity index (χ0v) is 9.79. The smallest absolute Gasteiger partial charge is 0.768 e. The third-order valence-electron chi connectivity index (χ3n) is 1.09. The van der Waals surface area contributed by atoms with Gasteiger partial charge in [0.05, 0.1) is 9.92 Å². The van der Waals surface area contributed by atoms with Crippen molar-refractivity contribution in [2.75, 3.05) is 0 Å². The molecule has 6 heteroatoms. The third kappa shape index (κ3) is 2.80. The maximum absolute atomic E-state index is 12.6. The largest absolute Gasteiger partial charge is 1.00 e. The number of hydrogen-bond donors (Lipinski definition) is 0. The maximum Gasteiger partial charge on any atom is 1.00 e. The molecule has 0 saturated carbocycles. The van der Waals surface area contributed by atoms with E-state index in [0.717, 1.165) is 6.07 Å². The molecule has 0 saturated heterocycles. The Morgan fingerprint density at radius 1 is 1.50 bits per heavy atom. The minimum Gasteiger partial charge on any atom is -0.768 e. The summed E-state index contributed by atoms with van der Waals surface area (Å²) in [6.07, 6.45) is 0. The van der Waals surface area contributed by atoms with E-state index in [0.29, 0.717) is 0 Å². The summed E-state index contributed by atoms with van der Waals surface area (Å²) in [7, 11) is 0. The monoisotopic (exact) mass is 216 g/mol. The van der Waals surface area contributed by atoms with Crippen LogP contribution in [0.5, 0.6) is 0 Å². The van der Waals surface area contributed by atoms with Gasteiger partial charge >= 0.3 is 29.6 Å². The molecule has 0 spiro atoms. The van der Waals surface area contributed by atoms with E-state index >= 15 is 0 Å². The zero-order valence-electron chi connectivity index (χ0n) is 6.21. The van der Waals surface area contributed by atoms with Crippen molar-refractivity contribution in [3.8, 4) is 0 Å². The molecule has 0 radical (unpaired) electrons. The van der Waals surface area contributed by atoms with Gasteiger partial charge in [0.15, 0.2) is 0 Å². The zero-order chi connectivity index (χ0) is 8.43. The summed E-state index contributed by atoms with van der Waals surface area (Å²) in [5, 5.41) is -0.0988. The third-order valence-corrected chi connectivity index (χ3v) is 2.26. The molecule has 1 aromatic rings. The summed E-state index contributed by atoms with van der Waals surface area (Å²) in [5.41, 5.74) is 0. The Hall–Kier alpha value is 0.550. The van der Waals surface area contributed by atoms with E-state index in [1.807, 2.05) is 0 Å². The van der Waals surface area contributed by atoms with Gasteiger partial charge in [-0.3, -0.25) is 4.21 Å². The second-order valence-electron chi connectivity index (χ2n) is 1.79. The van der Waals surface area contributed by atoms with Crippen molar-refractivity contribution in [1.29, 1.82) is 0 Å². The Balaban J connectivity index is 0.00000121. The van der Waals surface area contributed by atoms with E-state index < -0.39 is 21.8 Å². The predicted octanol–water partition coefficient (Wildman–Crippen LogP) is -1.28. The molecule has 0 aromatic heterocycles. The quantitative estimate of drug-likeness (QED) is 0.434. The van der Waals surface area contributed by atoms with Crippen LogP contribution in [0.1, 0.15) is 0 Å². The van der Waals surface area contributed by atoms with Crippen molar-refractivity contribution in [2.45, 2.75) is 4.90 Å². The van der Waals surface area contributed by atoms with Gasteiger partial charge in [-0.15, -0.1) is 0 Å². The molecule has 1 rings (SSSR count). The van der Waals surface area contributed by atoms with Gasteiger partial charge in [0.1, 0.15) is 5.82 Å². The van der Waals surface area contributed by atoms with Crippen LogP contribution in [0.3, 0.4) is 0 Å². The standard InChI is InChI=1S/C6H4ClFO2S.Na/c7-4-2-1-3-5(8)6(4)11(9)10;/h1-3H,(H,9,10);/q;+1/p-1. The van der Waals surface area contributed by atoms with Gasteiger partial charge < -0.3 is 4.55 Å². The Labute approximate surface area is 98.7 Å². The number of hydrogen-bond acceptors (Lipinski definition) is 2. The predicted molar refractivity (Wildman–Crippen MR) is 38.6 cm³/mol. The minimum absolute atomic E-state index is 0. The Kier molecular flexibility index (Phi) is 5.56. The molecule has 0 aliphatic rings. The van der Waals surface area contributed by atoms with Crippen molar-refractivity contribution in [3.63, 3.8) is 0 Å². The van der Waals surface area contributed by atoms with E-state index in [1.54, 1.807) is 0 Å². The van der Waals surface area contributed by atoms with Gasteiger partial charge in [-0.05, 0) is 23.2 Å². The van der Waals surface area contributed by atoms with Gasteiger partial charge in [-0.2, -0.15) is 0 Å². The van der Waals surface area contributed by atoms with Crippen molar-refractivity contribution in [2.24, 2.45) is 0 Å². The molecule has 0 N–H and O–H groups in total. The molecule has 60 valence electrons. The van der Waals surface area contributed by atoms with Crippen molar-refractivity contribution < 1.29 is 42.7 Å². The average Bonchev–Trinajstić information content (AvgIpc) is 1.85. The van der Waals surface area contributed by atoms with Gasteiger partial charge in [-0.1, -0.05) is 17.7 Å². The number of benzene rings is 1. The van der Waals surface area contributed by atoms with E-state index in [-0.39, 0.29) is 34.6 Å². The van der Waals surface area contributed by atoms with Gasteiger partial charge in [-0.25, -0.2) is 4.39 Å². The molecular weight excluding hydrogens is 214 g/mol. The minimum atomic E-state index is -2.61. The van der Waals surface area contributed by atoms with Crippen LogP contribution >= 0.6 is 11.6 Å². The molecule has 0 aliphatic carbocycles. The van der Waals surface area contributed by atoms with Gasteiger partial charge in [0, 0.05) is 0 Å². The van der Waals surface area contributed by atoms with E-state index in [1.165, 1.54) is 12.1 Å². The second kappa shape index (κ2) is 5.32. The summed E-state index contributed by atoms with van der Waals surface area (Å²) < 4.78 is 33.3. The maximum atomic E-state index is 12.6. The second-order valence-corrected chi connectivity index (χ2v) is 3.07. The molecule has 0 fully saturated rings. The molecule has 1 unspecified atom stereocenters. The Morgan fingerprint density at radius 2 is 2.08 bits per heavy atom. The first-order valence-electron chi connectivity index (χ1n) is 2.66.